The van der Waals surface area contributed by atoms with Gasteiger partial charge in [0.05, 0.1) is 11.3 Å². The summed E-state index contributed by atoms with van der Waals surface area (Å²) < 4.78 is 0. The van der Waals surface area contributed by atoms with Crippen LogP contribution in [0.4, 0.5) is 0 Å². The van der Waals surface area contributed by atoms with Gasteiger partial charge in [0.25, 0.3) is 0 Å². The molecule has 0 aromatic carbocycles. The first-order chi connectivity index (χ1) is 8.17. The highest BCUT2D eigenvalue weighted by atomic mass is 16.4. The van der Waals surface area contributed by atoms with Crippen LogP contribution >= 0.6 is 0 Å². The lowest BCUT2D eigenvalue weighted by molar-refractivity contribution is 0.0696. The summed E-state index contributed by atoms with van der Waals surface area (Å²) in [5.74, 6) is -0.928. The predicted molar refractivity (Wildman–Crippen MR) is 67.1 cm³/mol. The van der Waals surface area contributed by atoms with Crippen molar-refractivity contribution in [3.05, 3.63) is 29.6 Å². The highest BCUT2D eigenvalue weighted by Crippen LogP contribution is 2.05. The maximum Gasteiger partial charge on any atom is 0.337 e. The zero-order chi connectivity index (χ0) is 12.7. The average Bonchev–Trinajstić information content (AvgIpc) is 2.30. The van der Waals surface area contributed by atoms with Crippen molar-refractivity contribution in [2.45, 2.75) is 33.2 Å². The second kappa shape index (κ2) is 7.01. The topological polar surface area (TPSA) is 53.4 Å². The van der Waals surface area contributed by atoms with Crippen LogP contribution in [-0.4, -0.2) is 34.0 Å². The number of hydrogen-bond acceptors (Lipinski definition) is 3. The van der Waals surface area contributed by atoms with Crippen LogP contribution in [0.15, 0.2) is 18.3 Å². The minimum absolute atomic E-state index is 0.242. The van der Waals surface area contributed by atoms with Crippen LogP contribution in [0.2, 0.25) is 0 Å². The molecule has 1 N–H and O–H groups in total. The van der Waals surface area contributed by atoms with Crippen molar-refractivity contribution in [2.75, 3.05) is 13.1 Å². The molecular formula is C13H20N2O2. The Morgan fingerprint density at radius 3 is 2.35 bits per heavy atom. The third kappa shape index (κ3) is 4.53. The lowest BCUT2D eigenvalue weighted by atomic mass is 10.2. The van der Waals surface area contributed by atoms with Gasteiger partial charge in [-0.3, -0.25) is 9.88 Å². The number of hydrogen-bond donors (Lipinski definition) is 1. The van der Waals surface area contributed by atoms with Crippen molar-refractivity contribution in [3.63, 3.8) is 0 Å². The van der Waals surface area contributed by atoms with E-state index in [0.29, 0.717) is 0 Å². The molecule has 4 nitrogen and oxygen atoms in total. The maximum absolute atomic E-state index is 10.7. The zero-order valence-corrected chi connectivity index (χ0v) is 10.5. The summed E-state index contributed by atoms with van der Waals surface area (Å²) in [6.45, 7) is 7.21. The van der Waals surface area contributed by atoms with E-state index in [1.807, 2.05) is 0 Å². The van der Waals surface area contributed by atoms with Crippen molar-refractivity contribution < 1.29 is 9.90 Å². The van der Waals surface area contributed by atoms with Gasteiger partial charge in [0.15, 0.2) is 0 Å². The maximum atomic E-state index is 10.7. The Morgan fingerprint density at radius 2 is 1.94 bits per heavy atom. The van der Waals surface area contributed by atoms with E-state index in [2.05, 4.69) is 23.7 Å². The molecular weight excluding hydrogens is 216 g/mol. The second-order valence-electron chi connectivity index (χ2n) is 4.12. The normalized spacial score (nSPS) is 10.8. The molecule has 1 rings (SSSR count). The number of pyridine rings is 1. The monoisotopic (exact) mass is 236 g/mol. The van der Waals surface area contributed by atoms with Gasteiger partial charge in [-0.05, 0) is 38.1 Å². The van der Waals surface area contributed by atoms with E-state index in [4.69, 9.17) is 5.11 Å². The summed E-state index contributed by atoms with van der Waals surface area (Å²) in [6, 6.07) is 3.41. The van der Waals surface area contributed by atoms with Crippen molar-refractivity contribution >= 4 is 5.97 Å². The number of rotatable bonds is 7. The number of carboxylic acids is 1. The first-order valence-corrected chi connectivity index (χ1v) is 6.08. The van der Waals surface area contributed by atoms with Gasteiger partial charge >= 0.3 is 5.97 Å². The van der Waals surface area contributed by atoms with Crippen LogP contribution in [0.5, 0.6) is 0 Å². The molecule has 0 atom stereocenters. The lowest BCUT2D eigenvalue weighted by Gasteiger charge is -2.20. The van der Waals surface area contributed by atoms with Crippen molar-refractivity contribution in [1.29, 1.82) is 0 Å². The summed E-state index contributed by atoms with van der Waals surface area (Å²) in [5, 5.41) is 8.78. The molecule has 1 aromatic rings. The van der Waals surface area contributed by atoms with Crippen LogP contribution < -0.4 is 0 Å². The lowest BCUT2D eigenvalue weighted by Crippen LogP contribution is -2.25. The minimum Gasteiger partial charge on any atom is -0.478 e. The van der Waals surface area contributed by atoms with Crippen LogP contribution in [0, 0.1) is 0 Å². The molecule has 17 heavy (non-hydrogen) atoms. The first-order valence-electron chi connectivity index (χ1n) is 6.08. The Kier molecular flexibility index (Phi) is 5.63. The SMILES string of the molecule is CCCN(CCC)Cc1ccc(C(=O)O)cn1. The Hall–Kier alpha value is -1.42. The van der Waals surface area contributed by atoms with E-state index in [1.165, 1.54) is 6.20 Å². The molecule has 0 unspecified atom stereocenters. The fourth-order valence-corrected chi connectivity index (χ4v) is 1.78. The summed E-state index contributed by atoms with van der Waals surface area (Å²) >= 11 is 0. The first kappa shape index (κ1) is 13.6. The van der Waals surface area contributed by atoms with Gasteiger partial charge in [0, 0.05) is 12.7 Å². The van der Waals surface area contributed by atoms with E-state index >= 15 is 0 Å². The molecule has 0 amide bonds. The van der Waals surface area contributed by atoms with Crippen molar-refractivity contribution in [1.82, 2.24) is 9.88 Å². The molecule has 0 saturated heterocycles. The number of carbonyl (C=O) groups is 1. The van der Waals surface area contributed by atoms with Gasteiger partial charge in [-0.25, -0.2) is 4.79 Å². The molecule has 0 spiro atoms. The zero-order valence-electron chi connectivity index (χ0n) is 10.5. The fourth-order valence-electron chi connectivity index (χ4n) is 1.78. The van der Waals surface area contributed by atoms with Gasteiger partial charge in [0.1, 0.15) is 0 Å². The summed E-state index contributed by atoms with van der Waals surface area (Å²) in [4.78, 5) is 17.2. The van der Waals surface area contributed by atoms with Crippen LogP contribution in [0.1, 0.15) is 42.7 Å². The average molecular weight is 236 g/mol. The highest BCUT2D eigenvalue weighted by Gasteiger charge is 2.06. The summed E-state index contributed by atoms with van der Waals surface area (Å²) in [7, 11) is 0. The molecule has 0 aliphatic rings. The third-order valence-corrected chi connectivity index (χ3v) is 2.54. The number of aromatic nitrogens is 1. The van der Waals surface area contributed by atoms with Gasteiger partial charge in [-0.1, -0.05) is 13.8 Å². The molecule has 94 valence electrons. The van der Waals surface area contributed by atoms with E-state index in [9.17, 15) is 4.79 Å². The molecule has 1 heterocycles. The van der Waals surface area contributed by atoms with E-state index in [-0.39, 0.29) is 5.56 Å². The van der Waals surface area contributed by atoms with Crippen molar-refractivity contribution in [2.24, 2.45) is 0 Å². The van der Waals surface area contributed by atoms with Gasteiger partial charge < -0.3 is 5.11 Å². The molecule has 0 aliphatic carbocycles. The van der Waals surface area contributed by atoms with E-state index in [0.717, 1.165) is 38.2 Å². The number of carboxylic acid groups (broad SMARTS) is 1. The minimum atomic E-state index is -0.928. The molecule has 0 radical (unpaired) electrons. The molecule has 0 aliphatic heterocycles. The number of nitrogens with zero attached hydrogens (tertiary/aromatic N) is 2. The second-order valence-corrected chi connectivity index (χ2v) is 4.12. The molecule has 0 saturated carbocycles. The molecule has 4 heteroatoms. The smallest absolute Gasteiger partial charge is 0.337 e. The van der Waals surface area contributed by atoms with Crippen LogP contribution in [0.25, 0.3) is 0 Å². The van der Waals surface area contributed by atoms with Gasteiger partial charge in [-0.15, -0.1) is 0 Å². The highest BCUT2D eigenvalue weighted by molar-refractivity contribution is 5.87. The summed E-state index contributed by atoms with van der Waals surface area (Å²) in [5.41, 5.74) is 1.17. The van der Waals surface area contributed by atoms with E-state index in [1.54, 1.807) is 12.1 Å². The third-order valence-electron chi connectivity index (χ3n) is 2.54. The molecule has 0 bridgehead atoms. The van der Waals surface area contributed by atoms with Gasteiger partial charge in [0.2, 0.25) is 0 Å². The molecule has 0 fully saturated rings. The number of aromatic carboxylic acids is 1. The Labute approximate surface area is 102 Å². The Morgan fingerprint density at radius 1 is 1.29 bits per heavy atom. The van der Waals surface area contributed by atoms with Crippen LogP contribution in [-0.2, 0) is 6.54 Å². The predicted octanol–water partition coefficient (Wildman–Crippen LogP) is 2.40. The Balaban J connectivity index is 2.62. The quantitative estimate of drug-likeness (QED) is 0.789. The van der Waals surface area contributed by atoms with Crippen LogP contribution in [0.3, 0.4) is 0 Å². The largest absolute Gasteiger partial charge is 0.478 e. The van der Waals surface area contributed by atoms with E-state index < -0.39 is 5.97 Å². The van der Waals surface area contributed by atoms with Crippen molar-refractivity contribution in [3.8, 4) is 0 Å². The molecule has 1 aromatic heterocycles. The standard InChI is InChI=1S/C13H20N2O2/c1-3-7-15(8-4-2)10-12-6-5-11(9-14-12)13(16)17/h5-6,9H,3-4,7-8,10H2,1-2H3,(H,16,17). The Bertz CT molecular complexity index is 343. The fraction of sp³-hybridized carbons (Fsp3) is 0.538. The van der Waals surface area contributed by atoms with Gasteiger partial charge in [-0.2, -0.15) is 0 Å². The summed E-state index contributed by atoms with van der Waals surface area (Å²) in [6.07, 6.45) is 3.66.